The monoisotopic (exact) mass is 344 g/mol. The molecule has 0 spiro atoms. The Hall–Kier alpha value is -2.18. The van der Waals surface area contributed by atoms with Gasteiger partial charge in [0, 0.05) is 22.2 Å². The number of nitrogens with zero attached hydrogens (tertiary/aromatic N) is 1. The Labute approximate surface area is 142 Å². The number of rotatable bonds is 6. The van der Waals surface area contributed by atoms with Crippen molar-refractivity contribution >= 4 is 33.7 Å². The van der Waals surface area contributed by atoms with Crippen molar-refractivity contribution in [2.24, 2.45) is 0 Å². The molecule has 0 aliphatic carbocycles. The van der Waals surface area contributed by atoms with E-state index in [1.807, 2.05) is 22.9 Å². The van der Waals surface area contributed by atoms with E-state index in [2.05, 4.69) is 16.4 Å². The largest absolute Gasteiger partial charge is 0.508 e. The van der Waals surface area contributed by atoms with Gasteiger partial charge in [-0.15, -0.1) is 22.7 Å². The van der Waals surface area contributed by atoms with Gasteiger partial charge < -0.3 is 10.4 Å². The first kappa shape index (κ1) is 15.7. The van der Waals surface area contributed by atoms with E-state index in [0.717, 1.165) is 24.1 Å². The van der Waals surface area contributed by atoms with Crippen LogP contribution in [0.4, 0.5) is 5.13 Å². The maximum absolute atomic E-state index is 12.0. The summed E-state index contributed by atoms with van der Waals surface area (Å²) in [5.41, 5.74) is 1.58. The van der Waals surface area contributed by atoms with Gasteiger partial charge in [-0.3, -0.25) is 4.79 Å². The number of anilines is 1. The molecular weight excluding hydrogens is 328 g/mol. The van der Waals surface area contributed by atoms with E-state index in [4.69, 9.17) is 0 Å². The highest BCUT2D eigenvalue weighted by molar-refractivity contribution is 7.14. The number of amides is 1. The molecule has 4 nitrogen and oxygen atoms in total. The van der Waals surface area contributed by atoms with Gasteiger partial charge in [-0.25, -0.2) is 4.98 Å². The molecule has 118 valence electrons. The summed E-state index contributed by atoms with van der Waals surface area (Å²) >= 11 is 3.11. The van der Waals surface area contributed by atoms with Crippen LogP contribution in [0.5, 0.6) is 5.75 Å². The predicted molar refractivity (Wildman–Crippen MR) is 95.1 cm³/mol. The second-order valence-electron chi connectivity index (χ2n) is 5.07. The minimum Gasteiger partial charge on any atom is -0.508 e. The fraction of sp³-hybridized carbons (Fsp3) is 0.176. The second-order valence-corrected chi connectivity index (χ2v) is 6.96. The molecule has 23 heavy (non-hydrogen) atoms. The maximum atomic E-state index is 12.0. The molecule has 0 bridgehead atoms. The van der Waals surface area contributed by atoms with Gasteiger partial charge in [0.15, 0.2) is 5.13 Å². The number of aryl methyl sites for hydroxylation is 1. The van der Waals surface area contributed by atoms with Gasteiger partial charge in [-0.05, 0) is 36.4 Å². The van der Waals surface area contributed by atoms with Crippen molar-refractivity contribution in [2.75, 3.05) is 5.32 Å². The standard InChI is InChI=1S/C17H16N2O2S2/c20-13-5-1-4-12(10-13)15-11-23-17(18-15)19-16(21)8-2-6-14-7-3-9-22-14/h1,3-5,7,9-11,20H,2,6,8H2,(H,18,19,21). The Balaban J connectivity index is 1.53. The number of thiazole rings is 1. The van der Waals surface area contributed by atoms with Crippen molar-refractivity contribution in [1.29, 1.82) is 0 Å². The van der Waals surface area contributed by atoms with Crippen LogP contribution < -0.4 is 5.32 Å². The summed E-state index contributed by atoms with van der Waals surface area (Å²) in [6, 6.07) is 11.0. The number of phenols is 1. The second kappa shape index (κ2) is 7.39. The molecule has 1 amide bonds. The molecule has 1 aromatic carbocycles. The van der Waals surface area contributed by atoms with Crippen LogP contribution in [-0.4, -0.2) is 16.0 Å². The number of nitrogens with one attached hydrogen (secondary N) is 1. The minimum absolute atomic E-state index is 0.0154. The van der Waals surface area contributed by atoms with E-state index in [9.17, 15) is 9.90 Å². The summed E-state index contributed by atoms with van der Waals surface area (Å²) in [5, 5.41) is 16.9. The molecule has 2 N–H and O–H groups in total. The van der Waals surface area contributed by atoms with E-state index in [-0.39, 0.29) is 11.7 Å². The van der Waals surface area contributed by atoms with Crippen molar-refractivity contribution in [3.8, 4) is 17.0 Å². The topological polar surface area (TPSA) is 62.2 Å². The molecule has 2 heterocycles. The van der Waals surface area contributed by atoms with E-state index in [0.29, 0.717) is 11.6 Å². The number of carbonyl (C=O) groups excluding carboxylic acids is 1. The molecule has 0 aliphatic rings. The summed E-state index contributed by atoms with van der Waals surface area (Å²) < 4.78 is 0. The Morgan fingerprint density at radius 2 is 2.13 bits per heavy atom. The lowest BCUT2D eigenvalue weighted by atomic mass is 10.2. The number of hydrogen-bond donors (Lipinski definition) is 2. The molecule has 0 atom stereocenters. The molecule has 6 heteroatoms. The van der Waals surface area contributed by atoms with Crippen LogP contribution in [-0.2, 0) is 11.2 Å². The molecule has 3 rings (SSSR count). The third-order valence-electron chi connectivity index (χ3n) is 3.30. The summed E-state index contributed by atoms with van der Waals surface area (Å²) in [6.45, 7) is 0. The number of hydrogen-bond acceptors (Lipinski definition) is 5. The molecule has 0 aliphatic heterocycles. The lowest BCUT2D eigenvalue weighted by Crippen LogP contribution is -2.11. The van der Waals surface area contributed by atoms with Crippen molar-refractivity contribution in [3.63, 3.8) is 0 Å². The van der Waals surface area contributed by atoms with Crippen LogP contribution in [0.2, 0.25) is 0 Å². The van der Waals surface area contributed by atoms with E-state index in [1.54, 1.807) is 29.5 Å². The predicted octanol–water partition coefficient (Wildman–Crippen LogP) is 4.54. The smallest absolute Gasteiger partial charge is 0.226 e. The van der Waals surface area contributed by atoms with Crippen LogP contribution in [0.25, 0.3) is 11.3 Å². The van der Waals surface area contributed by atoms with E-state index in [1.165, 1.54) is 16.2 Å². The number of aromatic nitrogens is 1. The summed E-state index contributed by atoms with van der Waals surface area (Å²) in [4.78, 5) is 17.7. The Bertz CT molecular complexity index is 782. The first-order valence-electron chi connectivity index (χ1n) is 7.28. The highest BCUT2D eigenvalue weighted by atomic mass is 32.1. The zero-order valence-electron chi connectivity index (χ0n) is 12.4. The number of thiophene rings is 1. The fourth-order valence-electron chi connectivity index (χ4n) is 2.19. The van der Waals surface area contributed by atoms with Crippen molar-refractivity contribution in [1.82, 2.24) is 4.98 Å². The third kappa shape index (κ3) is 4.40. The van der Waals surface area contributed by atoms with E-state index < -0.39 is 0 Å². The van der Waals surface area contributed by atoms with Gasteiger partial charge in [0.25, 0.3) is 0 Å². The highest BCUT2D eigenvalue weighted by Gasteiger charge is 2.08. The molecule has 0 unspecified atom stereocenters. The SMILES string of the molecule is O=C(CCCc1cccs1)Nc1nc(-c2cccc(O)c2)cs1. The summed E-state index contributed by atoms with van der Waals surface area (Å²) in [5.74, 6) is 0.188. The number of aromatic hydroxyl groups is 1. The molecule has 0 radical (unpaired) electrons. The quantitative estimate of drug-likeness (QED) is 0.690. The lowest BCUT2D eigenvalue weighted by Gasteiger charge is -2.01. The van der Waals surface area contributed by atoms with Crippen molar-refractivity contribution in [3.05, 3.63) is 52.0 Å². The van der Waals surface area contributed by atoms with Gasteiger partial charge in [-0.2, -0.15) is 0 Å². The van der Waals surface area contributed by atoms with Gasteiger partial charge >= 0.3 is 0 Å². The minimum atomic E-state index is -0.0154. The zero-order chi connectivity index (χ0) is 16.1. The highest BCUT2D eigenvalue weighted by Crippen LogP contribution is 2.27. The summed E-state index contributed by atoms with van der Waals surface area (Å²) in [6.07, 6.45) is 2.24. The molecular formula is C17H16N2O2S2. The van der Waals surface area contributed by atoms with E-state index >= 15 is 0 Å². The Kier molecular flexibility index (Phi) is 5.05. The summed E-state index contributed by atoms with van der Waals surface area (Å²) in [7, 11) is 0. The van der Waals surface area contributed by atoms with Crippen molar-refractivity contribution in [2.45, 2.75) is 19.3 Å². The molecule has 0 fully saturated rings. The third-order valence-corrected chi connectivity index (χ3v) is 4.99. The van der Waals surface area contributed by atoms with Gasteiger partial charge in [-0.1, -0.05) is 18.2 Å². The van der Waals surface area contributed by atoms with Crippen LogP contribution in [0, 0.1) is 0 Å². The molecule has 0 saturated carbocycles. The fourth-order valence-corrected chi connectivity index (χ4v) is 3.68. The molecule has 0 saturated heterocycles. The number of benzene rings is 1. The molecule has 2 aromatic heterocycles. The van der Waals surface area contributed by atoms with Crippen LogP contribution >= 0.6 is 22.7 Å². The number of carbonyl (C=O) groups is 1. The van der Waals surface area contributed by atoms with Crippen LogP contribution in [0.1, 0.15) is 17.7 Å². The normalized spacial score (nSPS) is 10.6. The first-order chi connectivity index (χ1) is 11.2. The maximum Gasteiger partial charge on any atom is 0.226 e. The Morgan fingerprint density at radius 1 is 1.22 bits per heavy atom. The Morgan fingerprint density at radius 3 is 2.91 bits per heavy atom. The average Bonchev–Trinajstić information content (AvgIpc) is 3.19. The zero-order valence-corrected chi connectivity index (χ0v) is 14.0. The number of phenolic OH excluding ortho intramolecular Hbond substituents is 1. The van der Waals surface area contributed by atoms with Gasteiger partial charge in [0.2, 0.25) is 5.91 Å². The molecule has 3 aromatic rings. The van der Waals surface area contributed by atoms with Crippen LogP contribution in [0.15, 0.2) is 47.2 Å². The lowest BCUT2D eigenvalue weighted by molar-refractivity contribution is -0.116. The van der Waals surface area contributed by atoms with Crippen LogP contribution in [0.3, 0.4) is 0 Å². The average molecular weight is 344 g/mol. The van der Waals surface area contributed by atoms with Gasteiger partial charge in [0.05, 0.1) is 5.69 Å². The van der Waals surface area contributed by atoms with Gasteiger partial charge in [0.1, 0.15) is 5.75 Å². The van der Waals surface area contributed by atoms with Crippen molar-refractivity contribution < 1.29 is 9.90 Å². The first-order valence-corrected chi connectivity index (χ1v) is 9.04.